The van der Waals surface area contributed by atoms with Crippen LogP contribution in [0, 0.1) is 10.1 Å². The minimum atomic E-state index is -0.418. The molecule has 0 saturated heterocycles. The third-order valence-corrected chi connectivity index (χ3v) is 2.22. The first-order valence-corrected chi connectivity index (χ1v) is 5.42. The van der Waals surface area contributed by atoms with Gasteiger partial charge in [-0.1, -0.05) is 0 Å². The van der Waals surface area contributed by atoms with Crippen LogP contribution in [0.15, 0.2) is 18.2 Å². The van der Waals surface area contributed by atoms with E-state index < -0.39 is 4.92 Å². The van der Waals surface area contributed by atoms with Gasteiger partial charge in [0.2, 0.25) is 0 Å². The summed E-state index contributed by atoms with van der Waals surface area (Å²) in [5.74, 6) is 0.661. The summed E-state index contributed by atoms with van der Waals surface area (Å²) in [6.07, 6.45) is 0.0526. The zero-order valence-electron chi connectivity index (χ0n) is 8.41. The van der Waals surface area contributed by atoms with E-state index in [1.165, 1.54) is 12.1 Å². The molecule has 0 atom stereocenters. The zero-order valence-corrected chi connectivity index (χ0v) is 10.2. The Labute approximate surface area is 97.6 Å². The molecule has 0 aliphatic carbocycles. The first-order chi connectivity index (χ1) is 7.04. The Bertz CT molecular complexity index is 390. The van der Waals surface area contributed by atoms with Gasteiger partial charge in [0.05, 0.1) is 0 Å². The van der Waals surface area contributed by atoms with Crippen LogP contribution < -0.4 is 4.74 Å². The van der Waals surface area contributed by atoms with Crippen molar-refractivity contribution in [3.8, 4) is 5.75 Å². The number of ether oxygens (including phenoxy) is 1. The molecular formula is C10H11NO3Ru+. The molecule has 0 N–H and O–H groups in total. The SMILES string of the molecule is CC(C)Oc1ccc([N+](=O)[O-])cc1[CH]=[Ru+]. The maximum atomic E-state index is 10.5. The Hall–Kier alpha value is -1.09. The number of hydrogen-bond acceptors (Lipinski definition) is 3. The Balaban J connectivity index is 3.09. The Kier molecular flexibility index (Phi) is 4.09. The fourth-order valence-electron chi connectivity index (χ4n) is 1.09. The van der Waals surface area contributed by atoms with E-state index in [0.29, 0.717) is 11.3 Å². The van der Waals surface area contributed by atoms with Crippen LogP contribution in [0.5, 0.6) is 5.75 Å². The van der Waals surface area contributed by atoms with Gasteiger partial charge in [0.25, 0.3) is 0 Å². The van der Waals surface area contributed by atoms with Crippen LogP contribution in [0.2, 0.25) is 0 Å². The average Bonchev–Trinajstić information content (AvgIpc) is 2.17. The molecule has 4 nitrogen and oxygen atoms in total. The molecule has 5 heteroatoms. The van der Waals surface area contributed by atoms with Crippen LogP contribution in [0.3, 0.4) is 0 Å². The van der Waals surface area contributed by atoms with Crippen molar-refractivity contribution in [2.24, 2.45) is 0 Å². The van der Waals surface area contributed by atoms with Crippen molar-refractivity contribution >= 4 is 10.3 Å². The van der Waals surface area contributed by atoms with Gasteiger partial charge in [-0.25, -0.2) is 0 Å². The number of rotatable bonds is 4. The van der Waals surface area contributed by atoms with E-state index in [0.717, 1.165) is 0 Å². The predicted octanol–water partition coefficient (Wildman–Crippen LogP) is 2.08. The van der Waals surface area contributed by atoms with Crippen LogP contribution in [0.25, 0.3) is 0 Å². The number of benzene rings is 1. The molecule has 0 heterocycles. The molecule has 0 aliphatic rings. The number of nitro groups is 1. The molecule has 0 fully saturated rings. The van der Waals surface area contributed by atoms with Gasteiger partial charge in [-0.05, 0) is 0 Å². The zero-order chi connectivity index (χ0) is 11.4. The van der Waals surface area contributed by atoms with Crippen molar-refractivity contribution in [3.05, 3.63) is 33.9 Å². The molecular weight excluding hydrogens is 283 g/mol. The number of hydrogen-bond donors (Lipinski definition) is 0. The van der Waals surface area contributed by atoms with Crippen molar-refractivity contribution in [3.63, 3.8) is 0 Å². The molecule has 1 aromatic carbocycles. The molecule has 81 valence electrons. The first kappa shape index (κ1) is 12.0. The van der Waals surface area contributed by atoms with E-state index in [1.54, 1.807) is 10.7 Å². The molecule has 0 saturated carbocycles. The molecule has 0 unspecified atom stereocenters. The summed E-state index contributed by atoms with van der Waals surface area (Å²) < 4.78 is 7.23. The second-order valence-electron chi connectivity index (χ2n) is 3.25. The Morgan fingerprint density at radius 1 is 1.53 bits per heavy atom. The summed E-state index contributed by atoms with van der Waals surface area (Å²) in [4.78, 5) is 10.1. The summed E-state index contributed by atoms with van der Waals surface area (Å²) in [5.41, 5.74) is 0.788. The van der Waals surface area contributed by atoms with E-state index in [9.17, 15) is 10.1 Å². The van der Waals surface area contributed by atoms with E-state index >= 15 is 0 Å². The van der Waals surface area contributed by atoms with Crippen molar-refractivity contribution in [1.82, 2.24) is 0 Å². The molecule has 1 aromatic rings. The van der Waals surface area contributed by atoms with Gasteiger partial charge in [0.1, 0.15) is 0 Å². The van der Waals surface area contributed by atoms with Crippen LogP contribution >= 0.6 is 0 Å². The molecule has 0 bridgehead atoms. The molecule has 0 aromatic heterocycles. The van der Waals surface area contributed by atoms with Crippen LogP contribution in [-0.4, -0.2) is 15.6 Å². The monoisotopic (exact) mass is 295 g/mol. The summed E-state index contributed by atoms with van der Waals surface area (Å²) >= 11 is 2.32. The summed E-state index contributed by atoms with van der Waals surface area (Å²) in [6, 6.07) is 4.56. The summed E-state index contributed by atoms with van der Waals surface area (Å²) in [5, 5.41) is 10.5. The van der Waals surface area contributed by atoms with Crippen LogP contribution in [0.1, 0.15) is 19.4 Å². The van der Waals surface area contributed by atoms with Gasteiger partial charge in [-0.15, -0.1) is 0 Å². The van der Waals surface area contributed by atoms with E-state index in [-0.39, 0.29) is 11.8 Å². The molecule has 15 heavy (non-hydrogen) atoms. The predicted molar refractivity (Wildman–Crippen MR) is 54.0 cm³/mol. The van der Waals surface area contributed by atoms with Gasteiger partial charge in [-0.2, -0.15) is 0 Å². The van der Waals surface area contributed by atoms with Crippen molar-refractivity contribution in [2.45, 2.75) is 20.0 Å². The molecule has 0 radical (unpaired) electrons. The molecule has 0 spiro atoms. The molecule has 0 amide bonds. The quantitative estimate of drug-likeness (QED) is 0.485. The van der Waals surface area contributed by atoms with E-state index in [2.05, 4.69) is 17.9 Å². The van der Waals surface area contributed by atoms with Gasteiger partial charge in [0, 0.05) is 0 Å². The number of nitro benzene ring substituents is 1. The third kappa shape index (κ3) is 3.20. The maximum absolute atomic E-state index is 10.5. The van der Waals surface area contributed by atoms with Gasteiger partial charge < -0.3 is 0 Å². The Morgan fingerprint density at radius 2 is 2.20 bits per heavy atom. The second kappa shape index (κ2) is 5.12. The fourth-order valence-corrected chi connectivity index (χ4v) is 1.48. The van der Waals surface area contributed by atoms with Gasteiger partial charge in [0.15, 0.2) is 0 Å². The van der Waals surface area contributed by atoms with E-state index in [1.807, 2.05) is 13.8 Å². The van der Waals surface area contributed by atoms with Crippen LogP contribution in [-0.2, 0) is 17.9 Å². The average molecular weight is 294 g/mol. The normalized spacial score (nSPS) is 10.1. The summed E-state index contributed by atoms with van der Waals surface area (Å²) in [6.45, 7) is 3.82. The van der Waals surface area contributed by atoms with Crippen molar-refractivity contribution < 1.29 is 27.5 Å². The van der Waals surface area contributed by atoms with Crippen molar-refractivity contribution in [1.29, 1.82) is 0 Å². The number of nitrogens with zero attached hydrogens (tertiary/aromatic N) is 1. The van der Waals surface area contributed by atoms with Crippen molar-refractivity contribution in [2.75, 3.05) is 0 Å². The standard InChI is InChI=1S/C10H11NO3.Ru/c1-7(2)14-10-5-4-9(11(12)13)6-8(10)3;/h3-7H,1-2H3;/q;+1. The Morgan fingerprint density at radius 3 is 2.67 bits per heavy atom. The third-order valence-electron chi connectivity index (χ3n) is 1.68. The first-order valence-electron chi connectivity index (χ1n) is 4.41. The second-order valence-corrected chi connectivity index (χ2v) is 3.75. The fraction of sp³-hybridized carbons (Fsp3) is 0.300. The molecule has 1 rings (SSSR count). The minimum absolute atomic E-state index is 0.0526. The topological polar surface area (TPSA) is 52.4 Å². The summed E-state index contributed by atoms with van der Waals surface area (Å²) in [7, 11) is 0. The number of non-ortho nitro benzene ring substituents is 1. The van der Waals surface area contributed by atoms with Gasteiger partial charge in [-0.3, -0.25) is 0 Å². The van der Waals surface area contributed by atoms with Crippen LogP contribution in [0.4, 0.5) is 5.69 Å². The molecule has 0 aliphatic heterocycles. The van der Waals surface area contributed by atoms with E-state index in [4.69, 9.17) is 4.74 Å². The van der Waals surface area contributed by atoms with Gasteiger partial charge >= 0.3 is 97.4 Å².